The van der Waals surface area contributed by atoms with Crippen LogP contribution >= 0.6 is 0 Å². The van der Waals surface area contributed by atoms with E-state index in [-0.39, 0.29) is 0 Å². The summed E-state index contributed by atoms with van der Waals surface area (Å²) in [5.74, 6) is -1.01. The number of nitrogens with zero attached hydrogens (tertiary/aromatic N) is 1. The lowest BCUT2D eigenvalue weighted by Gasteiger charge is -1.91. The van der Waals surface area contributed by atoms with Crippen molar-refractivity contribution in [3.8, 4) is 0 Å². The Balaban J connectivity index is 2.56. The largest absolute Gasteiger partial charge is 0.273 e. The van der Waals surface area contributed by atoms with Gasteiger partial charge in [-0.15, -0.1) is 0 Å². The predicted molar refractivity (Wildman–Crippen MR) is 53.3 cm³/mol. The highest BCUT2D eigenvalue weighted by Gasteiger charge is 1.99. The van der Waals surface area contributed by atoms with E-state index in [1.807, 2.05) is 30.3 Å². The lowest BCUT2D eigenvalue weighted by atomic mass is 10.2. The molecule has 0 aliphatic rings. The summed E-state index contributed by atoms with van der Waals surface area (Å²) in [5, 5.41) is 3.23. The van der Waals surface area contributed by atoms with Crippen molar-refractivity contribution in [2.45, 2.75) is 6.92 Å². The molecule has 0 spiro atoms. The Morgan fingerprint density at radius 1 is 1.21 bits per heavy atom. The van der Waals surface area contributed by atoms with Gasteiger partial charge in [-0.2, -0.15) is 5.32 Å². The van der Waals surface area contributed by atoms with E-state index in [2.05, 4.69) is 5.32 Å². The monoisotopic (exact) mass is 188 g/mol. The van der Waals surface area contributed by atoms with Crippen LogP contribution in [0.25, 0.3) is 6.08 Å². The summed E-state index contributed by atoms with van der Waals surface area (Å²) in [4.78, 5) is 21.4. The molecule has 0 N–H and O–H groups in total. The van der Waals surface area contributed by atoms with E-state index in [0.29, 0.717) is 0 Å². The number of hydrogen-bond donors (Lipinski definition) is 0. The van der Waals surface area contributed by atoms with Crippen LogP contribution in [-0.4, -0.2) is 11.8 Å². The van der Waals surface area contributed by atoms with Gasteiger partial charge >= 0.3 is 0 Å². The van der Waals surface area contributed by atoms with Crippen LogP contribution in [0.15, 0.2) is 36.4 Å². The first kappa shape index (κ1) is 10.2. The maximum atomic E-state index is 11.0. The molecule has 14 heavy (non-hydrogen) atoms. The summed E-state index contributed by atoms with van der Waals surface area (Å²) in [5.41, 5.74) is 0.902. The summed E-state index contributed by atoms with van der Waals surface area (Å²) < 4.78 is 0. The summed E-state index contributed by atoms with van der Waals surface area (Å²) in [6.07, 6.45) is 2.89. The third kappa shape index (κ3) is 3.67. The quantitative estimate of drug-likeness (QED) is 0.658. The van der Waals surface area contributed by atoms with E-state index in [1.54, 1.807) is 6.08 Å². The van der Waals surface area contributed by atoms with Crippen LogP contribution < -0.4 is 5.32 Å². The Hall–Kier alpha value is -1.90. The number of rotatable bonds is 2. The van der Waals surface area contributed by atoms with E-state index < -0.39 is 11.8 Å². The van der Waals surface area contributed by atoms with Gasteiger partial charge in [-0.1, -0.05) is 30.3 Å². The highest BCUT2D eigenvalue weighted by molar-refractivity contribution is 6.01. The maximum Gasteiger partial charge on any atom is 0.272 e. The van der Waals surface area contributed by atoms with Gasteiger partial charge in [0.2, 0.25) is 5.91 Å². The summed E-state index contributed by atoms with van der Waals surface area (Å²) in [6, 6.07) is 9.34. The minimum Gasteiger partial charge on any atom is -0.273 e. The van der Waals surface area contributed by atoms with Gasteiger partial charge in [0.25, 0.3) is 5.91 Å². The number of carbonyl (C=O) groups is 2. The molecule has 71 valence electrons. The van der Waals surface area contributed by atoms with Gasteiger partial charge in [0, 0.05) is 13.0 Å². The summed E-state index contributed by atoms with van der Waals surface area (Å²) >= 11 is 0. The summed E-state index contributed by atoms with van der Waals surface area (Å²) in [6.45, 7) is 1.24. The Bertz CT molecular complexity index is 355. The van der Waals surface area contributed by atoms with Crippen LogP contribution in [-0.2, 0) is 9.59 Å². The van der Waals surface area contributed by atoms with Crippen LogP contribution in [0.3, 0.4) is 0 Å². The molecule has 0 saturated carbocycles. The topological polar surface area (TPSA) is 48.2 Å². The molecule has 1 radical (unpaired) electrons. The smallest absolute Gasteiger partial charge is 0.272 e. The first-order chi connectivity index (χ1) is 6.68. The maximum absolute atomic E-state index is 11.0. The summed E-state index contributed by atoms with van der Waals surface area (Å²) in [7, 11) is 0. The standard InChI is InChI=1S/C11H10NO2/c1-9(13)12-11(14)8-7-10-5-3-2-4-6-10/h2-8H,1H3. The third-order valence-electron chi connectivity index (χ3n) is 1.49. The lowest BCUT2D eigenvalue weighted by Crippen LogP contribution is -2.17. The molecule has 0 saturated heterocycles. The fraction of sp³-hybridized carbons (Fsp3) is 0.0909. The Morgan fingerprint density at radius 2 is 1.86 bits per heavy atom. The normalized spacial score (nSPS) is 10.1. The molecule has 0 aliphatic heterocycles. The zero-order valence-corrected chi connectivity index (χ0v) is 7.81. The molecule has 0 atom stereocenters. The van der Waals surface area contributed by atoms with Gasteiger partial charge in [-0.05, 0) is 11.6 Å². The molecule has 0 fully saturated rings. The molecule has 0 heterocycles. The van der Waals surface area contributed by atoms with Crippen LogP contribution in [0, 0.1) is 0 Å². The van der Waals surface area contributed by atoms with E-state index in [4.69, 9.17) is 0 Å². The molecular weight excluding hydrogens is 178 g/mol. The second-order valence-corrected chi connectivity index (χ2v) is 2.71. The van der Waals surface area contributed by atoms with Gasteiger partial charge in [0.1, 0.15) is 0 Å². The number of carbonyl (C=O) groups excluding carboxylic acids is 2. The molecule has 0 aromatic heterocycles. The minimum atomic E-state index is -0.527. The average molecular weight is 188 g/mol. The van der Waals surface area contributed by atoms with Crippen LogP contribution in [0.5, 0.6) is 0 Å². The molecule has 1 aromatic rings. The molecule has 0 aliphatic carbocycles. The SMILES string of the molecule is CC(=O)[N]C(=O)C=Cc1ccccc1. The highest BCUT2D eigenvalue weighted by atomic mass is 16.2. The van der Waals surface area contributed by atoms with Crippen molar-refractivity contribution in [1.29, 1.82) is 0 Å². The molecule has 3 nitrogen and oxygen atoms in total. The van der Waals surface area contributed by atoms with Gasteiger partial charge in [-0.25, -0.2) is 0 Å². The zero-order valence-electron chi connectivity index (χ0n) is 7.81. The molecule has 0 bridgehead atoms. The zero-order chi connectivity index (χ0) is 10.4. The van der Waals surface area contributed by atoms with Gasteiger partial charge < -0.3 is 0 Å². The number of benzene rings is 1. The highest BCUT2D eigenvalue weighted by Crippen LogP contribution is 2.00. The van der Waals surface area contributed by atoms with Gasteiger partial charge in [0.15, 0.2) is 0 Å². The molecule has 2 amide bonds. The van der Waals surface area contributed by atoms with E-state index in [0.717, 1.165) is 5.56 Å². The van der Waals surface area contributed by atoms with Gasteiger partial charge in [0.05, 0.1) is 0 Å². The minimum absolute atomic E-state index is 0.479. The van der Waals surface area contributed by atoms with Gasteiger partial charge in [-0.3, -0.25) is 9.59 Å². The fourth-order valence-corrected chi connectivity index (χ4v) is 0.924. The average Bonchev–Trinajstić information content (AvgIpc) is 2.15. The molecule has 1 rings (SSSR count). The van der Waals surface area contributed by atoms with Crippen molar-refractivity contribution in [3.05, 3.63) is 42.0 Å². The van der Waals surface area contributed by atoms with E-state index >= 15 is 0 Å². The third-order valence-corrected chi connectivity index (χ3v) is 1.49. The first-order valence-electron chi connectivity index (χ1n) is 4.18. The molecule has 0 unspecified atom stereocenters. The Morgan fingerprint density at radius 3 is 2.43 bits per heavy atom. The molecular formula is C11H10NO2. The van der Waals surface area contributed by atoms with E-state index in [1.165, 1.54) is 13.0 Å². The van der Waals surface area contributed by atoms with Crippen molar-refractivity contribution in [3.63, 3.8) is 0 Å². The van der Waals surface area contributed by atoms with Crippen molar-refractivity contribution in [2.75, 3.05) is 0 Å². The second kappa shape index (κ2) is 4.97. The molecule has 1 aromatic carbocycles. The number of hydrogen-bond acceptors (Lipinski definition) is 2. The Kier molecular flexibility index (Phi) is 3.61. The van der Waals surface area contributed by atoms with Crippen molar-refractivity contribution in [1.82, 2.24) is 5.32 Å². The lowest BCUT2D eigenvalue weighted by molar-refractivity contribution is -0.127. The van der Waals surface area contributed by atoms with E-state index in [9.17, 15) is 9.59 Å². The second-order valence-electron chi connectivity index (χ2n) is 2.71. The molecule has 3 heteroatoms. The number of amides is 2. The van der Waals surface area contributed by atoms with Crippen LogP contribution in [0.1, 0.15) is 12.5 Å². The van der Waals surface area contributed by atoms with Crippen molar-refractivity contribution < 1.29 is 9.59 Å². The Labute approximate surface area is 82.4 Å². The van der Waals surface area contributed by atoms with Crippen LogP contribution in [0.4, 0.5) is 0 Å². The predicted octanol–water partition coefficient (Wildman–Crippen LogP) is 1.38. The van der Waals surface area contributed by atoms with Crippen LogP contribution in [0.2, 0.25) is 0 Å². The first-order valence-corrected chi connectivity index (χ1v) is 4.18. The fourth-order valence-electron chi connectivity index (χ4n) is 0.924. The van der Waals surface area contributed by atoms with Crippen molar-refractivity contribution >= 4 is 17.9 Å². The number of imide groups is 1. The van der Waals surface area contributed by atoms with Crippen molar-refractivity contribution in [2.24, 2.45) is 0 Å².